The molecule has 0 aliphatic heterocycles. The molecule has 2 atom stereocenters. The average molecular weight is 986 g/mol. The molecule has 69 heavy (non-hydrogen) atoms. The lowest BCUT2D eigenvalue weighted by atomic mass is 10.0. The van der Waals surface area contributed by atoms with Gasteiger partial charge in [0, 0.05) is 13.0 Å². The highest BCUT2D eigenvalue weighted by atomic mass is 31.2. The van der Waals surface area contributed by atoms with E-state index < -0.39 is 32.5 Å². The van der Waals surface area contributed by atoms with Crippen LogP contribution in [0.3, 0.4) is 0 Å². The highest BCUT2D eigenvalue weighted by Crippen LogP contribution is 2.43. The first-order chi connectivity index (χ1) is 33.8. The van der Waals surface area contributed by atoms with Gasteiger partial charge in [0.05, 0.1) is 19.6 Å². The SMILES string of the molecule is CC/C=C\C/C=C\C/C=C\C/C=C\C/C=C\CC(=O)OC(COC(=O)CCCCCCCCCCCCCCCCCCCCCCC/C=C\C/C=C\CCCCCCC)COP(=O)(O)OCCN. The molecule has 0 aliphatic carbocycles. The third-order valence-electron chi connectivity index (χ3n) is 11.8. The first-order valence-electron chi connectivity index (χ1n) is 28.1. The number of rotatable bonds is 52. The van der Waals surface area contributed by atoms with Gasteiger partial charge in [-0.25, -0.2) is 4.57 Å². The third kappa shape index (κ3) is 54.4. The third-order valence-corrected chi connectivity index (χ3v) is 12.8. The minimum Gasteiger partial charge on any atom is -0.462 e. The minimum absolute atomic E-state index is 0.00369. The zero-order chi connectivity index (χ0) is 50.2. The number of ether oxygens (including phenoxy) is 2. The highest BCUT2D eigenvalue weighted by molar-refractivity contribution is 7.47. The quantitative estimate of drug-likeness (QED) is 0.0264. The van der Waals surface area contributed by atoms with Crippen LogP contribution in [0.15, 0.2) is 85.1 Å². The van der Waals surface area contributed by atoms with Gasteiger partial charge in [0.1, 0.15) is 6.61 Å². The number of carbonyl (C=O) groups is 2. The maximum absolute atomic E-state index is 12.6. The van der Waals surface area contributed by atoms with Crippen molar-refractivity contribution in [1.29, 1.82) is 0 Å². The van der Waals surface area contributed by atoms with Gasteiger partial charge in [0.2, 0.25) is 0 Å². The first kappa shape index (κ1) is 66.2. The van der Waals surface area contributed by atoms with Crippen LogP contribution in [0.2, 0.25) is 0 Å². The van der Waals surface area contributed by atoms with Crippen LogP contribution < -0.4 is 5.73 Å². The molecule has 0 fully saturated rings. The fourth-order valence-electron chi connectivity index (χ4n) is 7.68. The van der Waals surface area contributed by atoms with E-state index in [1.54, 1.807) is 6.08 Å². The summed E-state index contributed by atoms with van der Waals surface area (Å²) in [5.41, 5.74) is 5.36. The molecular weight excluding hydrogens is 882 g/mol. The van der Waals surface area contributed by atoms with Gasteiger partial charge < -0.3 is 20.1 Å². The monoisotopic (exact) mass is 986 g/mol. The second-order valence-electron chi connectivity index (χ2n) is 18.4. The van der Waals surface area contributed by atoms with Crippen LogP contribution in [0, 0.1) is 0 Å². The summed E-state index contributed by atoms with van der Waals surface area (Å²) in [6.07, 6.45) is 71.2. The Morgan fingerprint density at radius 3 is 1.26 bits per heavy atom. The second kappa shape index (κ2) is 54.5. The largest absolute Gasteiger partial charge is 0.472 e. The summed E-state index contributed by atoms with van der Waals surface area (Å²) in [4.78, 5) is 35.0. The summed E-state index contributed by atoms with van der Waals surface area (Å²) < 4.78 is 32.8. The van der Waals surface area contributed by atoms with Crippen molar-refractivity contribution >= 4 is 19.8 Å². The zero-order valence-electron chi connectivity index (χ0n) is 44.3. The van der Waals surface area contributed by atoms with Crippen LogP contribution in [0.25, 0.3) is 0 Å². The molecule has 0 amide bonds. The normalized spacial score (nSPS) is 13.7. The Balaban J connectivity index is 3.91. The molecule has 0 spiro atoms. The smallest absolute Gasteiger partial charge is 0.462 e. The van der Waals surface area contributed by atoms with E-state index in [1.807, 2.05) is 12.2 Å². The number of hydrogen-bond donors (Lipinski definition) is 2. The summed E-state index contributed by atoms with van der Waals surface area (Å²) in [7, 11) is -4.41. The van der Waals surface area contributed by atoms with Crippen LogP contribution >= 0.6 is 7.82 Å². The standard InChI is InChI=1S/C59H104NO8P/c1-3-5-7-9-11-13-15-17-19-20-21-22-23-24-25-26-27-28-29-30-31-32-33-34-35-36-38-39-41-43-45-47-49-51-58(61)65-55-57(56-67-69(63,64)66-54-53-60)68-59(62)52-50-48-46-44-42-40-37-18-16-14-12-10-8-6-4-2/h6,8,12,14-15,17-18,20-21,37,42,44,48,50,57H,3-5,7,9-11,13,16,19,22-36,38-41,43,45-47,49,51-56,60H2,1-2H3,(H,63,64)/b8-6-,14-12-,17-15-,21-20-,37-18-,44-42-,50-48-. The van der Waals surface area contributed by atoms with E-state index in [2.05, 4.69) is 80.7 Å². The van der Waals surface area contributed by atoms with Crippen molar-refractivity contribution in [2.24, 2.45) is 5.73 Å². The van der Waals surface area contributed by atoms with E-state index in [-0.39, 0.29) is 32.6 Å². The van der Waals surface area contributed by atoms with Crippen molar-refractivity contribution in [3.05, 3.63) is 85.1 Å². The average Bonchev–Trinajstić information content (AvgIpc) is 3.34. The fraction of sp³-hybridized carbons (Fsp3) is 0.729. The van der Waals surface area contributed by atoms with Gasteiger partial charge in [0.15, 0.2) is 6.10 Å². The van der Waals surface area contributed by atoms with E-state index in [9.17, 15) is 19.0 Å². The molecule has 0 saturated carbocycles. The molecule has 9 nitrogen and oxygen atoms in total. The van der Waals surface area contributed by atoms with Gasteiger partial charge in [-0.05, 0) is 70.6 Å². The molecule has 0 radical (unpaired) electrons. The molecular formula is C59H104NO8P. The van der Waals surface area contributed by atoms with E-state index in [4.69, 9.17) is 24.3 Å². The van der Waals surface area contributed by atoms with Crippen molar-refractivity contribution in [2.45, 2.75) is 251 Å². The number of esters is 2. The topological polar surface area (TPSA) is 134 Å². The number of unbranched alkanes of at least 4 members (excludes halogenated alkanes) is 26. The van der Waals surface area contributed by atoms with Gasteiger partial charge in [-0.3, -0.25) is 18.6 Å². The lowest BCUT2D eigenvalue weighted by molar-refractivity contribution is -0.160. The fourth-order valence-corrected chi connectivity index (χ4v) is 8.45. The molecule has 0 aromatic carbocycles. The number of phosphoric ester groups is 1. The lowest BCUT2D eigenvalue weighted by Gasteiger charge is -2.19. The predicted octanol–water partition coefficient (Wildman–Crippen LogP) is 17.5. The molecule has 0 aromatic heterocycles. The molecule has 398 valence electrons. The van der Waals surface area contributed by atoms with Crippen LogP contribution in [0.1, 0.15) is 245 Å². The Kier molecular flexibility index (Phi) is 52.3. The molecule has 0 aliphatic rings. The highest BCUT2D eigenvalue weighted by Gasteiger charge is 2.25. The van der Waals surface area contributed by atoms with Gasteiger partial charge in [-0.1, -0.05) is 247 Å². The van der Waals surface area contributed by atoms with E-state index in [0.29, 0.717) is 6.42 Å². The summed E-state index contributed by atoms with van der Waals surface area (Å²) in [5, 5.41) is 0. The molecule has 2 unspecified atom stereocenters. The molecule has 0 rings (SSSR count). The number of allylic oxidation sites excluding steroid dienone is 13. The molecule has 0 aromatic rings. The number of nitrogens with two attached hydrogens (primary N) is 1. The Morgan fingerprint density at radius 2 is 0.841 bits per heavy atom. The Bertz CT molecular complexity index is 1400. The molecule has 0 saturated heterocycles. The maximum Gasteiger partial charge on any atom is 0.472 e. The number of hydrogen-bond acceptors (Lipinski definition) is 8. The van der Waals surface area contributed by atoms with E-state index in [1.165, 1.54) is 161 Å². The Morgan fingerprint density at radius 1 is 0.464 bits per heavy atom. The summed E-state index contributed by atoms with van der Waals surface area (Å²) in [5.74, 6) is -0.973. The lowest BCUT2D eigenvalue weighted by Crippen LogP contribution is -2.29. The van der Waals surface area contributed by atoms with Gasteiger partial charge >= 0.3 is 19.8 Å². The molecule has 3 N–H and O–H groups in total. The van der Waals surface area contributed by atoms with Crippen LogP contribution in [-0.2, 0) is 32.7 Å². The van der Waals surface area contributed by atoms with Crippen molar-refractivity contribution in [3.8, 4) is 0 Å². The number of phosphoric acid groups is 1. The van der Waals surface area contributed by atoms with Crippen molar-refractivity contribution in [3.63, 3.8) is 0 Å². The van der Waals surface area contributed by atoms with Crippen LogP contribution in [0.4, 0.5) is 0 Å². The summed E-state index contributed by atoms with van der Waals surface area (Å²) in [6.45, 7) is 3.51. The predicted molar refractivity (Wildman–Crippen MR) is 293 cm³/mol. The summed E-state index contributed by atoms with van der Waals surface area (Å²) >= 11 is 0. The molecule has 10 heteroatoms. The molecule has 0 heterocycles. The van der Waals surface area contributed by atoms with E-state index >= 15 is 0 Å². The molecule has 0 bridgehead atoms. The van der Waals surface area contributed by atoms with E-state index in [0.717, 1.165) is 51.4 Å². The Labute approximate surface area is 424 Å². The van der Waals surface area contributed by atoms with Crippen molar-refractivity contribution in [2.75, 3.05) is 26.4 Å². The number of carbonyl (C=O) groups excluding carboxylic acids is 2. The minimum atomic E-state index is -4.41. The Hall–Kier alpha value is -2.81. The second-order valence-corrected chi connectivity index (χ2v) is 19.9. The summed E-state index contributed by atoms with van der Waals surface area (Å²) in [6, 6.07) is 0. The van der Waals surface area contributed by atoms with Crippen LogP contribution in [-0.4, -0.2) is 49.3 Å². The van der Waals surface area contributed by atoms with Crippen LogP contribution in [0.5, 0.6) is 0 Å². The van der Waals surface area contributed by atoms with Gasteiger partial charge in [-0.15, -0.1) is 0 Å². The van der Waals surface area contributed by atoms with Crippen molar-refractivity contribution < 1.29 is 37.6 Å². The first-order valence-corrected chi connectivity index (χ1v) is 29.6. The van der Waals surface area contributed by atoms with Gasteiger partial charge in [0.25, 0.3) is 0 Å². The van der Waals surface area contributed by atoms with Gasteiger partial charge in [-0.2, -0.15) is 0 Å². The zero-order valence-corrected chi connectivity index (χ0v) is 45.2. The maximum atomic E-state index is 12.6. The van der Waals surface area contributed by atoms with Crippen molar-refractivity contribution in [1.82, 2.24) is 0 Å².